The van der Waals surface area contributed by atoms with Gasteiger partial charge in [0.25, 0.3) is 0 Å². The highest BCUT2D eigenvalue weighted by atomic mass is 16.6. The minimum Gasteiger partial charge on any atom is -0.324 e. The van der Waals surface area contributed by atoms with Crippen molar-refractivity contribution in [1.29, 1.82) is 0 Å². The van der Waals surface area contributed by atoms with Gasteiger partial charge in [-0.05, 0) is 51.8 Å². The van der Waals surface area contributed by atoms with Crippen LogP contribution in [0, 0.1) is 44.7 Å². The Hall–Kier alpha value is -2.96. The lowest BCUT2D eigenvalue weighted by Gasteiger charge is -2.15. The molecule has 1 N–H and O–H groups in total. The minimum absolute atomic E-state index is 0.279. The largest absolute Gasteiger partial charge is 0.336 e. The van der Waals surface area contributed by atoms with Gasteiger partial charge in [-0.1, -0.05) is 17.7 Å². The van der Waals surface area contributed by atoms with Crippen molar-refractivity contribution in [1.82, 2.24) is 4.57 Å². The predicted octanol–water partition coefficient (Wildman–Crippen LogP) is 2.94. The van der Waals surface area contributed by atoms with E-state index in [9.17, 15) is 19.7 Å². The standard InChI is InChI=1S/C18H21N3O4/c1-10-6-11(2)16(12(3)7-10)19-15(22)9-20-14(5)8-13(4)17(18(20)23)21(24)25/h6-8H,9H2,1-5H3,(H,19,22). The molecule has 132 valence electrons. The number of aromatic nitrogens is 1. The van der Waals surface area contributed by atoms with E-state index in [1.54, 1.807) is 6.92 Å². The fourth-order valence-electron chi connectivity index (χ4n) is 3.03. The third-order valence-electron chi connectivity index (χ3n) is 4.10. The molecule has 7 heteroatoms. The van der Waals surface area contributed by atoms with Crippen LogP contribution >= 0.6 is 0 Å². The van der Waals surface area contributed by atoms with Crippen molar-refractivity contribution in [3.63, 3.8) is 0 Å². The number of nitrogens with one attached hydrogen (secondary N) is 1. The molecular formula is C18H21N3O4. The summed E-state index contributed by atoms with van der Waals surface area (Å²) >= 11 is 0. The van der Waals surface area contributed by atoms with Crippen LogP contribution in [0.2, 0.25) is 0 Å². The molecule has 1 heterocycles. The van der Waals surface area contributed by atoms with Crippen LogP contribution in [0.15, 0.2) is 23.0 Å². The van der Waals surface area contributed by atoms with Crippen LogP contribution in [0.3, 0.4) is 0 Å². The zero-order valence-corrected chi connectivity index (χ0v) is 15.0. The molecular weight excluding hydrogens is 322 g/mol. The molecule has 2 aromatic rings. The molecule has 1 aromatic carbocycles. The first-order valence-electron chi connectivity index (χ1n) is 7.85. The molecule has 0 saturated heterocycles. The molecule has 0 atom stereocenters. The van der Waals surface area contributed by atoms with E-state index in [0.29, 0.717) is 11.4 Å². The van der Waals surface area contributed by atoms with E-state index in [1.807, 2.05) is 32.9 Å². The average Bonchev–Trinajstić information content (AvgIpc) is 2.46. The zero-order valence-electron chi connectivity index (χ0n) is 15.0. The number of hydrogen-bond donors (Lipinski definition) is 1. The molecule has 0 aliphatic rings. The van der Waals surface area contributed by atoms with Crippen molar-refractivity contribution in [2.45, 2.75) is 41.2 Å². The van der Waals surface area contributed by atoms with E-state index in [-0.39, 0.29) is 12.1 Å². The SMILES string of the molecule is Cc1cc(C)c(NC(=O)Cn2c(C)cc(C)c([N+](=O)[O-])c2=O)c(C)c1. The Balaban J connectivity index is 2.35. The first-order valence-corrected chi connectivity index (χ1v) is 7.85. The van der Waals surface area contributed by atoms with Crippen LogP contribution in [-0.4, -0.2) is 15.4 Å². The molecule has 0 aliphatic heterocycles. The second-order valence-corrected chi connectivity index (χ2v) is 6.29. The van der Waals surface area contributed by atoms with Gasteiger partial charge in [0.1, 0.15) is 6.54 Å². The van der Waals surface area contributed by atoms with Gasteiger partial charge in [-0.2, -0.15) is 0 Å². The summed E-state index contributed by atoms with van der Waals surface area (Å²) in [6.07, 6.45) is 0. The lowest BCUT2D eigenvalue weighted by atomic mass is 10.1. The summed E-state index contributed by atoms with van der Waals surface area (Å²) in [6.45, 7) is 8.63. The number of rotatable bonds is 4. The number of nitro groups is 1. The van der Waals surface area contributed by atoms with Crippen LogP contribution in [0.5, 0.6) is 0 Å². The maximum Gasteiger partial charge on any atom is 0.336 e. The molecule has 0 aliphatic carbocycles. The summed E-state index contributed by atoms with van der Waals surface area (Å²) < 4.78 is 1.12. The number of carbonyl (C=O) groups excluding carboxylic acids is 1. The van der Waals surface area contributed by atoms with Crippen molar-refractivity contribution < 1.29 is 9.72 Å². The van der Waals surface area contributed by atoms with Gasteiger partial charge in [0.15, 0.2) is 0 Å². The van der Waals surface area contributed by atoms with E-state index < -0.39 is 22.1 Å². The van der Waals surface area contributed by atoms with Crippen LogP contribution in [0.1, 0.15) is 27.9 Å². The highest BCUT2D eigenvalue weighted by Crippen LogP contribution is 2.22. The van der Waals surface area contributed by atoms with Gasteiger partial charge >= 0.3 is 11.2 Å². The third-order valence-corrected chi connectivity index (χ3v) is 4.10. The summed E-state index contributed by atoms with van der Waals surface area (Å²) in [5.74, 6) is -0.404. The summed E-state index contributed by atoms with van der Waals surface area (Å²) in [5.41, 5.74) is 3.15. The first kappa shape index (κ1) is 18.4. The van der Waals surface area contributed by atoms with Crippen molar-refractivity contribution in [2.24, 2.45) is 0 Å². The monoisotopic (exact) mass is 343 g/mol. The lowest BCUT2D eigenvalue weighted by Crippen LogP contribution is -2.31. The second kappa shape index (κ2) is 6.88. The number of amides is 1. The van der Waals surface area contributed by atoms with Crippen molar-refractivity contribution in [3.05, 3.63) is 66.6 Å². The number of pyridine rings is 1. The Morgan fingerprint density at radius 2 is 1.64 bits per heavy atom. The first-order chi connectivity index (χ1) is 11.6. The number of benzene rings is 1. The van der Waals surface area contributed by atoms with Crippen LogP contribution in [0.25, 0.3) is 0 Å². The molecule has 25 heavy (non-hydrogen) atoms. The van der Waals surface area contributed by atoms with Crippen molar-refractivity contribution >= 4 is 17.3 Å². The molecule has 0 fully saturated rings. The normalized spacial score (nSPS) is 10.6. The molecule has 0 radical (unpaired) electrons. The van der Waals surface area contributed by atoms with Gasteiger partial charge in [0.05, 0.1) is 4.92 Å². The number of aryl methyl sites for hydroxylation is 5. The molecule has 0 unspecified atom stereocenters. The summed E-state index contributed by atoms with van der Waals surface area (Å²) in [5, 5.41) is 13.9. The topological polar surface area (TPSA) is 94.2 Å². The van der Waals surface area contributed by atoms with Gasteiger partial charge in [0, 0.05) is 16.9 Å². The fourth-order valence-corrected chi connectivity index (χ4v) is 3.03. The van der Waals surface area contributed by atoms with E-state index in [1.165, 1.54) is 13.0 Å². The van der Waals surface area contributed by atoms with Crippen molar-refractivity contribution in [2.75, 3.05) is 5.32 Å². The Labute approximate surface area is 145 Å². The third kappa shape index (κ3) is 3.76. The van der Waals surface area contributed by atoms with Gasteiger partial charge in [0.2, 0.25) is 5.91 Å². The Kier molecular flexibility index (Phi) is 5.06. The molecule has 7 nitrogen and oxygen atoms in total. The highest BCUT2D eigenvalue weighted by molar-refractivity contribution is 5.92. The maximum atomic E-state index is 12.4. The number of carbonyl (C=O) groups is 1. The smallest absolute Gasteiger partial charge is 0.324 e. The van der Waals surface area contributed by atoms with E-state index in [0.717, 1.165) is 21.3 Å². The van der Waals surface area contributed by atoms with Crippen molar-refractivity contribution in [3.8, 4) is 0 Å². The molecule has 1 aromatic heterocycles. The molecule has 0 bridgehead atoms. The van der Waals surface area contributed by atoms with E-state index in [4.69, 9.17) is 0 Å². The van der Waals surface area contributed by atoms with Gasteiger partial charge in [-0.15, -0.1) is 0 Å². The number of anilines is 1. The van der Waals surface area contributed by atoms with Crippen LogP contribution < -0.4 is 10.9 Å². The molecule has 1 amide bonds. The summed E-state index contributed by atoms with van der Waals surface area (Å²) in [6, 6.07) is 5.45. The van der Waals surface area contributed by atoms with E-state index in [2.05, 4.69) is 5.32 Å². The van der Waals surface area contributed by atoms with E-state index >= 15 is 0 Å². The molecule has 0 saturated carbocycles. The summed E-state index contributed by atoms with van der Waals surface area (Å²) in [7, 11) is 0. The molecule has 0 spiro atoms. The Morgan fingerprint density at radius 3 is 2.16 bits per heavy atom. The maximum absolute atomic E-state index is 12.4. The minimum atomic E-state index is -0.769. The molecule has 2 rings (SSSR count). The quantitative estimate of drug-likeness (QED) is 0.682. The van der Waals surface area contributed by atoms with Crippen LogP contribution in [-0.2, 0) is 11.3 Å². The van der Waals surface area contributed by atoms with Crippen LogP contribution in [0.4, 0.5) is 11.4 Å². The predicted molar refractivity (Wildman–Crippen MR) is 96.1 cm³/mol. The second-order valence-electron chi connectivity index (χ2n) is 6.29. The zero-order chi connectivity index (χ0) is 18.9. The van der Waals surface area contributed by atoms with Gasteiger partial charge in [-0.25, -0.2) is 0 Å². The Bertz CT molecular complexity index is 906. The summed E-state index contributed by atoms with van der Waals surface area (Å²) in [4.78, 5) is 35.1. The fraction of sp³-hybridized carbons (Fsp3) is 0.333. The van der Waals surface area contributed by atoms with Gasteiger partial charge < -0.3 is 5.32 Å². The van der Waals surface area contributed by atoms with Gasteiger partial charge in [-0.3, -0.25) is 24.3 Å². The average molecular weight is 343 g/mol. The highest BCUT2D eigenvalue weighted by Gasteiger charge is 2.21. The number of hydrogen-bond acceptors (Lipinski definition) is 4. The Morgan fingerprint density at radius 1 is 1.08 bits per heavy atom. The lowest BCUT2D eigenvalue weighted by molar-refractivity contribution is -0.387. The number of nitrogens with zero attached hydrogens (tertiary/aromatic N) is 2.